The predicted molar refractivity (Wildman–Crippen MR) is 276 cm³/mol. The number of fused-ring (bicyclic) bond motifs is 4. The van der Waals surface area contributed by atoms with E-state index >= 15 is 0 Å². The number of hydrogen-bond acceptors (Lipinski definition) is 3. The number of hydrogen-bond donors (Lipinski definition) is 0. The highest BCUT2D eigenvalue weighted by Gasteiger charge is 2.19. The molecule has 0 unspecified atom stereocenters. The summed E-state index contributed by atoms with van der Waals surface area (Å²) in [7, 11) is 0. The summed E-state index contributed by atoms with van der Waals surface area (Å²) in [6.07, 6.45) is 0. The molecule has 11 aromatic carbocycles. The minimum Gasteiger partial charge on any atom is -0.435 e. The van der Waals surface area contributed by atoms with Crippen LogP contribution in [0.3, 0.4) is 0 Å². The third-order valence-electron chi connectivity index (χ3n) is 12.7. The summed E-state index contributed by atoms with van der Waals surface area (Å²) >= 11 is 0. The lowest BCUT2D eigenvalue weighted by Gasteiger charge is -2.28. The average Bonchev–Trinajstić information content (AvgIpc) is 3.85. The van der Waals surface area contributed by atoms with Gasteiger partial charge in [0, 0.05) is 27.9 Å². The maximum absolute atomic E-state index is 6.51. The van der Waals surface area contributed by atoms with Crippen LogP contribution < -0.4 is 4.90 Å². The maximum atomic E-state index is 6.51. The van der Waals surface area contributed by atoms with E-state index in [0.29, 0.717) is 5.89 Å². The summed E-state index contributed by atoms with van der Waals surface area (Å²) in [6.45, 7) is 0. The lowest BCUT2D eigenvalue weighted by Crippen LogP contribution is -2.11. The van der Waals surface area contributed by atoms with E-state index in [4.69, 9.17) is 9.40 Å². The second kappa shape index (κ2) is 16.7. The van der Waals surface area contributed by atoms with Crippen molar-refractivity contribution in [3.63, 3.8) is 0 Å². The molecule has 0 saturated carbocycles. The topological polar surface area (TPSA) is 29.3 Å². The second-order valence-corrected chi connectivity index (χ2v) is 16.7. The molecular formula is C63H42N2O. The van der Waals surface area contributed by atoms with Gasteiger partial charge in [0.15, 0.2) is 5.58 Å². The van der Waals surface area contributed by atoms with Crippen LogP contribution in [-0.2, 0) is 0 Å². The molecule has 0 N–H and O–H groups in total. The quantitative estimate of drug-likeness (QED) is 0.145. The van der Waals surface area contributed by atoms with Crippen molar-refractivity contribution in [1.82, 2.24) is 4.98 Å². The van der Waals surface area contributed by atoms with Crippen LogP contribution in [0.1, 0.15) is 0 Å². The molecule has 0 bridgehead atoms. The molecule has 0 aliphatic rings. The van der Waals surface area contributed by atoms with Crippen molar-refractivity contribution in [2.24, 2.45) is 0 Å². The van der Waals surface area contributed by atoms with Gasteiger partial charge in [0.25, 0.3) is 0 Å². The van der Waals surface area contributed by atoms with Gasteiger partial charge in [-0.1, -0.05) is 194 Å². The third-order valence-corrected chi connectivity index (χ3v) is 12.7. The zero-order valence-corrected chi connectivity index (χ0v) is 36.1. The molecule has 1 aromatic heterocycles. The fourth-order valence-electron chi connectivity index (χ4n) is 9.35. The Morgan fingerprint density at radius 3 is 1.44 bits per heavy atom. The first-order valence-electron chi connectivity index (χ1n) is 22.4. The molecule has 12 rings (SSSR count). The van der Waals surface area contributed by atoms with E-state index in [9.17, 15) is 0 Å². The Labute approximate surface area is 384 Å². The summed E-state index contributed by atoms with van der Waals surface area (Å²) in [5.74, 6) is 0.622. The van der Waals surface area contributed by atoms with Gasteiger partial charge >= 0.3 is 0 Å². The molecule has 0 aliphatic carbocycles. The van der Waals surface area contributed by atoms with Crippen LogP contribution in [0.2, 0.25) is 0 Å². The van der Waals surface area contributed by atoms with Gasteiger partial charge < -0.3 is 9.32 Å². The molecule has 12 aromatic rings. The monoisotopic (exact) mass is 842 g/mol. The van der Waals surface area contributed by atoms with Gasteiger partial charge in [-0.2, -0.15) is 0 Å². The summed E-state index contributed by atoms with van der Waals surface area (Å²) in [4.78, 5) is 7.30. The fourth-order valence-corrected chi connectivity index (χ4v) is 9.35. The molecule has 0 atom stereocenters. The second-order valence-electron chi connectivity index (χ2n) is 16.7. The molecule has 3 heteroatoms. The van der Waals surface area contributed by atoms with E-state index in [1.165, 1.54) is 44.3 Å². The Balaban J connectivity index is 0.895. The lowest BCUT2D eigenvalue weighted by molar-refractivity contribution is 0.623. The highest BCUT2D eigenvalue weighted by molar-refractivity contribution is 6.07. The largest absolute Gasteiger partial charge is 0.435 e. The first-order chi connectivity index (χ1) is 32.7. The van der Waals surface area contributed by atoms with E-state index in [2.05, 4.69) is 254 Å². The number of anilines is 3. The first kappa shape index (κ1) is 38.9. The Kier molecular flexibility index (Phi) is 9.85. The molecular weight excluding hydrogens is 801 g/mol. The van der Waals surface area contributed by atoms with Crippen LogP contribution in [0.5, 0.6) is 0 Å². The standard InChI is InChI=1S/C63H42N2O/c1-4-13-43(14-5-1)45-23-25-47(26-24-45)48-31-35-54(36-32-48)65(61-22-11-10-20-58(61)49-17-8-3-9-18-49)55-37-39-57-51(42-55)19-12-21-56(57)52-33-38-59-53(41-52)34-40-60-62(59)66-63(64-60)50-29-27-46(28-30-50)44-15-6-2-7-16-44/h1-42H. The fraction of sp³-hybridized carbons (Fsp3) is 0. The van der Waals surface area contributed by atoms with Crippen molar-refractivity contribution in [3.8, 4) is 67.1 Å². The zero-order chi connectivity index (χ0) is 43.8. The summed E-state index contributed by atoms with van der Waals surface area (Å²) < 4.78 is 6.51. The highest BCUT2D eigenvalue weighted by Crippen LogP contribution is 2.43. The van der Waals surface area contributed by atoms with E-state index in [-0.39, 0.29) is 0 Å². The minimum absolute atomic E-state index is 0.622. The van der Waals surface area contributed by atoms with E-state index in [1.807, 2.05) is 6.07 Å². The van der Waals surface area contributed by atoms with Crippen molar-refractivity contribution in [2.75, 3.05) is 4.90 Å². The summed E-state index contributed by atoms with van der Waals surface area (Å²) in [5, 5.41) is 4.50. The molecule has 1 heterocycles. The van der Waals surface area contributed by atoms with E-state index in [1.54, 1.807) is 0 Å². The Hall–Kier alpha value is -8.79. The Bertz CT molecular complexity index is 3650. The van der Waals surface area contributed by atoms with Gasteiger partial charge in [-0.15, -0.1) is 0 Å². The van der Waals surface area contributed by atoms with Gasteiger partial charge in [-0.25, -0.2) is 4.98 Å². The molecule has 0 fully saturated rings. The van der Waals surface area contributed by atoms with Crippen LogP contribution in [0.4, 0.5) is 17.1 Å². The van der Waals surface area contributed by atoms with Crippen LogP contribution in [0.25, 0.3) is 99.7 Å². The number of rotatable bonds is 9. The Morgan fingerprint density at radius 2 is 0.788 bits per heavy atom. The lowest BCUT2D eigenvalue weighted by atomic mass is 9.95. The van der Waals surface area contributed by atoms with Crippen LogP contribution in [0, 0.1) is 0 Å². The molecule has 310 valence electrons. The number of nitrogens with zero attached hydrogens (tertiary/aromatic N) is 2. The van der Waals surface area contributed by atoms with Gasteiger partial charge in [0.2, 0.25) is 5.89 Å². The molecule has 66 heavy (non-hydrogen) atoms. The Morgan fingerprint density at radius 1 is 0.303 bits per heavy atom. The van der Waals surface area contributed by atoms with E-state index < -0.39 is 0 Å². The number of para-hydroxylation sites is 1. The normalized spacial score (nSPS) is 11.3. The van der Waals surface area contributed by atoms with Crippen molar-refractivity contribution in [3.05, 3.63) is 255 Å². The SMILES string of the molecule is c1ccc(-c2ccc(-c3ccc(N(c4ccc5c(-c6ccc7c(ccc8nc(-c9ccc(-c%10ccccc%10)cc9)oc87)c6)cccc5c4)c4ccccc4-c4ccccc4)cc3)cc2)cc1. The predicted octanol–water partition coefficient (Wildman–Crippen LogP) is 17.6. The number of aromatic nitrogens is 1. The van der Waals surface area contributed by atoms with Crippen molar-refractivity contribution in [2.45, 2.75) is 0 Å². The van der Waals surface area contributed by atoms with Gasteiger partial charge in [-0.3, -0.25) is 0 Å². The van der Waals surface area contributed by atoms with Gasteiger partial charge in [-0.05, 0) is 127 Å². The summed E-state index contributed by atoms with van der Waals surface area (Å²) in [5.41, 5.74) is 17.7. The molecule has 0 radical (unpaired) electrons. The highest BCUT2D eigenvalue weighted by atomic mass is 16.3. The van der Waals surface area contributed by atoms with Crippen LogP contribution in [0.15, 0.2) is 259 Å². The van der Waals surface area contributed by atoms with Crippen LogP contribution >= 0.6 is 0 Å². The van der Waals surface area contributed by atoms with Crippen molar-refractivity contribution < 1.29 is 4.42 Å². The van der Waals surface area contributed by atoms with E-state index in [0.717, 1.165) is 66.6 Å². The third kappa shape index (κ3) is 7.29. The minimum atomic E-state index is 0.622. The summed E-state index contributed by atoms with van der Waals surface area (Å²) in [6, 6.07) is 90.9. The van der Waals surface area contributed by atoms with Crippen molar-refractivity contribution >= 4 is 49.7 Å². The van der Waals surface area contributed by atoms with Crippen molar-refractivity contribution in [1.29, 1.82) is 0 Å². The maximum Gasteiger partial charge on any atom is 0.227 e. The first-order valence-corrected chi connectivity index (χ1v) is 22.4. The molecule has 3 nitrogen and oxygen atoms in total. The molecule has 0 spiro atoms. The average molecular weight is 843 g/mol. The van der Waals surface area contributed by atoms with Gasteiger partial charge in [0.1, 0.15) is 5.52 Å². The number of oxazole rings is 1. The van der Waals surface area contributed by atoms with Gasteiger partial charge in [0.05, 0.1) is 5.69 Å². The zero-order valence-electron chi connectivity index (χ0n) is 36.1. The molecule has 0 aliphatic heterocycles. The smallest absolute Gasteiger partial charge is 0.227 e. The molecule has 0 amide bonds. The molecule has 0 saturated heterocycles. The number of benzene rings is 11. The van der Waals surface area contributed by atoms with Crippen LogP contribution in [-0.4, -0.2) is 4.98 Å².